The van der Waals surface area contributed by atoms with Crippen molar-refractivity contribution in [1.29, 1.82) is 0 Å². The third-order valence-electron chi connectivity index (χ3n) is 4.21. The van der Waals surface area contributed by atoms with Gasteiger partial charge in [-0.3, -0.25) is 0 Å². The predicted octanol–water partition coefficient (Wildman–Crippen LogP) is 3.47. The summed E-state index contributed by atoms with van der Waals surface area (Å²) in [6, 6.07) is 15.4. The summed E-state index contributed by atoms with van der Waals surface area (Å²) in [6.07, 6.45) is 0. The van der Waals surface area contributed by atoms with Crippen LogP contribution in [0.15, 0.2) is 58.2 Å². The third kappa shape index (κ3) is 4.60. The van der Waals surface area contributed by atoms with Crippen molar-refractivity contribution >= 4 is 11.8 Å². The molecular weight excluding hydrogens is 404 g/mol. The van der Waals surface area contributed by atoms with E-state index in [9.17, 15) is 0 Å². The second-order valence-electron chi connectivity index (χ2n) is 6.20. The molecule has 0 N–H and O–H groups in total. The molecule has 0 saturated heterocycles. The van der Waals surface area contributed by atoms with E-state index in [0.29, 0.717) is 35.8 Å². The van der Waals surface area contributed by atoms with E-state index in [1.807, 2.05) is 55.5 Å². The quantitative estimate of drug-likeness (QED) is 0.374. The van der Waals surface area contributed by atoms with E-state index in [2.05, 4.69) is 25.7 Å². The van der Waals surface area contributed by atoms with E-state index in [1.54, 1.807) is 11.8 Å². The van der Waals surface area contributed by atoms with Gasteiger partial charge in [-0.25, -0.2) is 4.68 Å². The lowest BCUT2D eigenvalue weighted by atomic mass is 10.2. The largest absolute Gasteiger partial charge is 0.497 e. The number of hydrogen-bond acceptors (Lipinski definition) is 9. The molecule has 0 fully saturated rings. The monoisotopic (exact) mass is 424 g/mol. The van der Waals surface area contributed by atoms with Crippen LogP contribution in [-0.4, -0.2) is 44.1 Å². The lowest BCUT2D eigenvalue weighted by molar-refractivity contribution is 0.341. The number of thioether (sulfide) groups is 1. The summed E-state index contributed by atoms with van der Waals surface area (Å²) in [5.74, 6) is 2.96. The predicted molar refractivity (Wildman–Crippen MR) is 110 cm³/mol. The molecule has 0 amide bonds. The van der Waals surface area contributed by atoms with Gasteiger partial charge in [0.1, 0.15) is 11.5 Å². The minimum atomic E-state index is 0.451. The van der Waals surface area contributed by atoms with Crippen molar-refractivity contribution in [3.8, 4) is 22.9 Å². The number of rotatable bonds is 9. The first kappa shape index (κ1) is 19.9. The van der Waals surface area contributed by atoms with Crippen molar-refractivity contribution < 1.29 is 14.0 Å². The van der Waals surface area contributed by atoms with E-state index in [-0.39, 0.29) is 0 Å². The number of methoxy groups -OCH3 is 1. The Labute approximate surface area is 177 Å². The van der Waals surface area contributed by atoms with Gasteiger partial charge in [-0.15, -0.1) is 5.10 Å². The Hall–Kier alpha value is -3.40. The second kappa shape index (κ2) is 9.40. The molecule has 10 heteroatoms. The summed E-state index contributed by atoms with van der Waals surface area (Å²) >= 11 is 1.43. The van der Waals surface area contributed by atoms with Crippen LogP contribution in [0.1, 0.15) is 18.4 Å². The number of tetrazole rings is 1. The van der Waals surface area contributed by atoms with Gasteiger partial charge in [0.25, 0.3) is 0 Å². The highest BCUT2D eigenvalue weighted by molar-refractivity contribution is 7.98. The number of para-hydroxylation sites is 1. The van der Waals surface area contributed by atoms with Crippen molar-refractivity contribution in [3.63, 3.8) is 0 Å². The molecule has 4 rings (SSSR count). The van der Waals surface area contributed by atoms with Crippen LogP contribution in [0.25, 0.3) is 11.4 Å². The first-order valence-electron chi connectivity index (χ1n) is 9.33. The maximum absolute atomic E-state index is 5.64. The molecule has 4 aromatic rings. The topological polar surface area (TPSA) is 101 Å². The Kier molecular flexibility index (Phi) is 6.23. The zero-order chi connectivity index (χ0) is 20.8. The maximum Gasteiger partial charge on any atom is 0.237 e. The Morgan fingerprint density at radius 2 is 1.93 bits per heavy atom. The Bertz CT molecular complexity index is 1100. The van der Waals surface area contributed by atoms with Gasteiger partial charge in [0.2, 0.25) is 16.9 Å². The number of hydrogen-bond donors (Lipinski definition) is 0. The fourth-order valence-electron chi connectivity index (χ4n) is 2.78. The standard InChI is InChI=1S/C20H20N6O3S/c1-3-28-17-7-5-4-6-16(17)19-21-18(29-23-19)13-30-20-22-24-25-26(20)12-14-8-10-15(27-2)11-9-14/h4-11H,3,12-13H2,1-2H3. The highest BCUT2D eigenvalue weighted by atomic mass is 32.2. The number of ether oxygens (including phenoxy) is 2. The average Bonchev–Trinajstić information content (AvgIpc) is 3.43. The zero-order valence-corrected chi connectivity index (χ0v) is 17.4. The van der Waals surface area contributed by atoms with Crippen LogP contribution in [0.5, 0.6) is 11.5 Å². The van der Waals surface area contributed by atoms with Gasteiger partial charge in [-0.1, -0.05) is 41.2 Å². The Balaban J connectivity index is 1.42. The molecule has 2 aromatic heterocycles. The molecule has 30 heavy (non-hydrogen) atoms. The molecule has 0 radical (unpaired) electrons. The molecule has 0 aliphatic rings. The summed E-state index contributed by atoms with van der Waals surface area (Å²) in [7, 11) is 1.64. The van der Waals surface area contributed by atoms with Crippen molar-refractivity contribution in [2.45, 2.75) is 24.4 Å². The fourth-order valence-corrected chi connectivity index (χ4v) is 3.50. The van der Waals surface area contributed by atoms with Crippen LogP contribution in [0.2, 0.25) is 0 Å². The molecule has 9 nitrogen and oxygen atoms in total. The minimum Gasteiger partial charge on any atom is -0.497 e. The highest BCUT2D eigenvalue weighted by Gasteiger charge is 2.15. The van der Waals surface area contributed by atoms with Gasteiger partial charge < -0.3 is 14.0 Å². The van der Waals surface area contributed by atoms with Gasteiger partial charge in [-0.2, -0.15) is 4.98 Å². The molecular formula is C20H20N6O3S. The van der Waals surface area contributed by atoms with Gasteiger partial charge >= 0.3 is 0 Å². The van der Waals surface area contributed by atoms with Crippen LogP contribution in [0, 0.1) is 0 Å². The Morgan fingerprint density at radius 3 is 2.73 bits per heavy atom. The summed E-state index contributed by atoms with van der Waals surface area (Å²) in [5.41, 5.74) is 1.86. The molecule has 0 spiro atoms. The van der Waals surface area contributed by atoms with Crippen LogP contribution >= 0.6 is 11.8 Å². The number of benzene rings is 2. The fraction of sp³-hybridized carbons (Fsp3) is 0.250. The SMILES string of the molecule is CCOc1ccccc1-c1noc(CSc2nnnn2Cc2ccc(OC)cc2)n1. The van der Waals surface area contributed by atoms with Gasteiger partial charge in [0, 0.05) is 0 Å². The summed E-state index contributed by atoms with van der Waals surface area (Å²) < 4.78 is 18.0. The summed E-state index contributed by atoms with van der Waals surface area (Å²) in [4.78, 5) is 4.49. The first-order chi connectivity index (χ1) is 14.8. The van der Waals surface area contributed by atoms with Crippen LogP contribution < -0.4 is 9.47 Å². The van der Waals surface area contributed by atoms with Crippen molar-refractivity contribution in [2.75, 3.05) is 13.7 Å². The van der Waals surface area contributed by atoms with Gasteiger partial charge in [0.15, 0.2) is 0 Å². The summed E-state index contributed by atoms with van der Waals surface area (Å²) in [5, 5.41) is 16.7. The molecule has 2 heterocycles. The van der Waals surface area contributed by atoms with E-state index in [1.165, 1.54) is 11.8 Å². The molecule has 0 bridgehead atoms. The smallest absolute Gasteiger partial charge is 0.237 e. The molecule has 0 aliphatic carbocycles. The van der Waals surface area contributed by atoms with E-state index in [0.717, 1.165) is 22.6 Å². The van der Waals surface area contributed by atoms with Crippen molar-refractivity contribution in [3.05, 3.63) is 60.0 Å². The van der Waals surface area contributed by atoms with Crippen molar-refractivity contribution in [2.24, 2.45) is 0 Å². The normalized spacial score (nSPS) is 10.9. The van der Waals surface area contributed by atoms with E-state index >= 15 is 0 Å². The first-order valence-corrected chi connectivity index (χ1v) is 10.3. The van der Waals surface area contributed by atoms with Gasteiger partial charge in [0.05, 0.1) is 31.6 Å². The van der Waals surface area contributed by atoms with Crippen LogP contribution in [0.4, 0.5) is 0 Å². The van der Waals surface area contributed by atoms with E-state index < -0.39 is 0 Å². The number of aromatic nitrogens is 6. The molecule has 0 aliphatic heterocycles. The van der Waals surface area contributed by atoms with Crippen LogP contribution in [-0.2, 0) is 12.3 Å². The minimum absolute atomic E-state index is 0.451. The number of nitrogens with zero attached hydrogens (tertiary/aromatic N) is 6. The highest BCUT2D eigenvalue weighted by Crippen LogP contribution is 2.28. The molecule has 154 valence electrons. The van der Waals surface area contributed by atoms with Crippen LogP contribution in [0.3, 0.4) is 0 Å². The van der Waals surface area contributed by atoms with Gasteiger partial charge in [-0.05, 0) is 47.2 Å². The van der Waals surface area contributed by atoms with Crippen molar-refractivity contribution in [1.82, 2.24) is 30.3 Å². The third-order valence-corrected chi connectivity index (χ3v) is 5.15. The zero-order valence-electron chi connectivity index (χ0n) is 16.6. The molecule has 0 atom stereocenters. The Morgan fingerprint density at radius 1 is 1.10 bits per heavy atom. The lowest BCUT2D eigenvalue weighted by Gasteiger charge is -2.06. The van der Waals surface area contributed by atoms with E-state index in [4.69, 9.17) is 14.0 Å². The molecule has 2 aromatic carbocycles. The molecule has 0 saturated carbocycles. The second-order valence-corrected chi connectivity index (χ2v) is 7.14. The average molecular weight is 424 g/mol. The maximum atomic E-state index is 5.64. The summed E-state index contributed by atoms with van der Waals surface area (Å²) in [6.45, 7) is 3.05. The lowest BCUT2D eigenvalue weighted by Crippen LogP contribution is -2.04. The molecule has 0 unspecified atom stereocenters.